The van der Waals surface area contributed by atoms with Crippen LogP contribution in [-0.2, 0) is 14.3 Å². The van der Waals surface area contributed by atoms with Crippen molar-refractivity contribution in [2.45, 2.75) is 56.1 Å². The number of esters is 1. The molecule has 3 nitrogen and oxygen atoms in total. The first kappa shape index (κ1) is 12.4. The first-order chi connectivity index (χ1) is 7.77. The monoisotopic (exact) mass is 290 g/mol. The molecule has 2 atom stereocenters. The van der Waals surface area contributed by atoms with Crippen LogP contribution in [0.2, 0.25) is 0 Å². The van der Waals surface area contributed by atoms with Gasteiger partial charge in [0.25, 0.3) is 0 Å². The van der Waals surface area contributed by atoms with Gasteiger partial charge in [0, 0.05) is 0 Å². The summed E-state index contributed by atoms with van der Waals surface area (Å²) in [5.74, 6) is 0.0510. The third-order valence-corrected chi connectivity index (χ3v) is 4.26. The van der Waals surface area contributed by atoms with Crippen molar-refractivity contribution in [1.29, 1.82) is 0 Å². The fourth-order valence-electron chi connectivity index (χ4n) is 2.38. The zero-order chi connectivity index (χ0) is 11.4. The van der Waals surface area contributed by atoms with Crippen LogP contribution in [0.4, 0.5) is 0 Å². The van der Waals surface area contributed by atoms with Gasteiger partial charge in [-0.2, -0.15) is 0 Å². The normalized spacial score (nSPS) is 32.3. The summed E-state index contributed by atoms with van der Waals surface area (Å²) in [4.78, 5) is 12.0. The molecule has 0 N–H and O–H groups in total. The van der Waals surface area contributed by atoms with E-state index in [1.165, 1.54) is 6.42 Å². The summed E-state index contributed by atoms with van der Waals surface area (Å²) in [6.07, 6.45) is 7.22. The van der Waals surface area contributed by atoms with Gasteiger partial charge in [-0.25, -0.2) is 0 Å². The minimum atomic E-state index is -0.372. The van der Waals surface area contributed by atoms with Crippen molar-refractivity contribution >= 4 is 21.9 Å². The second-order valence-electron chi connectivity index (χ2n) is 4.67. The zero-order valence-corrected chi connectivity index (χ0v) is 11.1. The lowest BCUT2D eigenvalue weighted by Crippen LogP contribution is -2.36. The maximum Gasteiger partial charge on any atom is 0.311 e. The molecule has 2 fully saturated rings. The molecule has 0 aromatic heterocycles. The Bertz CT molecular complexity index is 238. The van der Waals surface area contributed by atoms with Crippen LogP contribution in [0.25, 0.3) is 0 Å². The lowest BCUT2D eigenvalue weighted by molar-refractivity contribution is -0.189. The summed E-state index contributed by atoms with van der Waals surface area (Å²) in [6.45, 7) is 0.699. The molecule has 0 aromatic rings. The van der Waals surface area contributed by atoms with Gasteiger partial charge in [0.05, 0.1) is 17.4 Å². The molecule has 92 valence electrons. The molecule has 1 saturated carbocycles. The van der Waals surface area contributed by atoms with Gasteiger partial charge in [-0.1, -0.05) is 35.2 Å². The summed E-state index contributed by atoms with van der Waals surface area (Å²) in [5, 5.41) is 0. The topological polar surface area (TPSA) is 35.5 Å². The Morgan fingerprint density at radius 1 is 1.12 bits per heavy atom. The minimum Gasteiger partial charge on any atom is -0.434 e. The van der Waals surface area contributed by atoms with Crippen LogP contribution in [0.15, 0.2) is 0 Å². The Morgan fingerprint density at radius 3 is 2.56 bits per heavy atom. The van der Waals surface area contributed by atoms with Crippen LogP contribution in [0.1, 0.15) is 44.9 Å². The molecule has 0 radical (unpaired) electrons. The fraction of sp³-hybridized carbons (Fsp3) is 0.917. The molecular formula is C12H19BrO3. The second-order valence-corrected chi connectivity index (χ2v) is 5.85. The average molecular weight is 291 g/mol. The molecule has 1 aliphatic carbocycles. The van der Waals surface area contributed by atoms with Gasteiger partial charge in [-0.05, 0) is 25.7 Å². The smallest absolute Gasteiger partial charge is 0.311 e. The first-order valence-corrected chi connectivity index (χ1v) is 7.15. The summed E-state index contributed by atoms with van der Waals surface area (Å²) in [5.41, 5.74) is 0. The molecule has 2 rings (SSSR count). The summed E-state index contributed by atoms with van der Waals surface area (Å²) in [6, 6.07) is 0. The van der Waals surface area contributed by atoms with E-state index in [1.807, 2.05) is 0 Å². The quantitative estimate of drug-likeness (QED) is 0.579. The standard InChI is InChI=1S/C12H19BrO3/c13-10-7-4-8-15-12(10)16-11(14)9-5-2-1-3-6-9/h9-10,12H,1-8H2. The fourth-order valence-corrected chi connectivity index (χ4v) is 2.96. The predicted molar refractivity (Wildman–Crippen MR) is 64.4 cm³/mol. The lowest BCUT2D eigenvalue weighted by Gasteiger charge is -2.29. The van der Waals surface area contributed by atoms with Crippen LogP contribution in [0, 0.1) is 5.92 Å². The number of hydrogen-bond donors (Lipinski definition) is 0. The maximum absolute atomic E-state index is 11.9. The first-order valence-electron chi connectivity index (χ1n) is 6.23. The van der Waals surface area contributed by atoms with E-state index in [-0.39, 0.29) is 23.0 Å². The molecular weight excluding hydrogens is 272 g/mol. The Kier molecular flexibility index (Phi) is 4.65. The molecule has 0 bridgehead atoms. The molecule has 0 amide bonds. The van der Waals surface area contributed by atoms with E-state index < -0.39 is 0 Å². The van der Waals surface area contributed by atoms with Crippen molar-refractivity contribution in [3.63, 3.8) is 0 Å². The molecule has 2 aliphatic rings. The highest BCUT2D eigenvalue weighted by Crippen LogP contribution is 2.27. The van der Waals surface area contributed by atoms with Gasteiger partial charge in [0.15, 0.2) is 0 Å². The van der Waals surface area contributed by atoms with Crippen molar-refractivity contribution in [1.82, 2.24) is 0 Å². The largest absolute Gasteiger partial charge is 0.434 e. The Balaban J connectivity index is 1.80. The van der Waals surface area contributed by atoms with Crippen molar-refractivity contribution in [2.24, 2.45) is 5.92 Å². The van der Waals surface area contributed by atoms with E-state index in [0.717, 1.165) is 38.5 Å². The average Bonchev–Trinajstić information content (AvgIpc) is 2.33. The van der Waals surface area contributed by atoms with E-state index in [9.17, 15) is 4.79 Å². The number of carbonyl (C=O) groups is 1. The predicted octanol–water partition coefficient (Wildman–Crippen LogP) is 3.01. The van der Waals surface area contributed by atoms with Crippen molar-refractivity contribution < 1.29 is 14.3 Å². The van der Waals surface area contributed by atoms with Crippen molar-refractivity contribution in [2.75, 3.05) is 6.61 Å². The third kappa shape index (κ3) is 3.20. The summed E-state index contributed by atoms with van der Waals surface area (Å²) < 4.78 is 10.9. The molecule has 1 heterocycles. The number of hydrogen-bond acceptors (Lipinski definition) is 3. The maximum atomic E-state index is 11.9. The Morgan fingerprint density at radius 2 is 1.88 bits per heavy atom. The highest BCUT2D eigenvalue weighted by atomic mass is 79.9. The lowest BCUT2D eigenvalue weighted by atomic mass is 9.89. The number of carbonyl (C=O) groups excluding carboxylic acids is 1. The number of halogens is 1. The Hall–Kier alpha value is -0.0900. The van der Waals surface area contributed by atoms with Crippen LogP contribution in [0.5, 0.6) is 0 Å². The van der Waals surface area contributed by atoms with Crippen LogP contribution < -0.4 is 0 Å². The van der Waals surface area contributed by atoms with Crippen molar-refractivity contribution in [3.8, 4) is 0 Å². The van der Waals surface area contributed by atoms with E-state index in [2.05, 4.69) is 15.9 Å². The second kappa shape index (κ2) is 6.01. The van der Waals surface area contributed by atoms with Gasteiger partial charge < -0.3 is 9.47 Å². The number of ether oxygens (including phenoxy) is 2. The van der Waals surface area contributed by atoms with E-state index in [4.69, 9.17) is 9.47 Å². The van der Waals surface area contributed by atoms with Gasteiger partial charge >= 0.3 is 5.97 Å². The van der Waals surface area contributed by atoms with Gasteiger partial charge in [0.1, 0.15) is 0 Å². The highest BCUT2D eigenvalue weighted by Gasteiger charge is 2.30. The van der Waals surface area contributed by atoms with Crippen LogP contribution >= 0.6 is 15.9 Å². The summed E-state index contributed by atoms with van der Waals surface area (Å²) >= 11 is 3.50. The van der Waals surface area contributed by atoms with Gasteiger partial charge in [-0.15, -0.1) is 0 Å². The van der Waals surface area contributed by atoms with E-state index >= 15 is 0 Å². The van der Waals surface area contributed by atoms with E-state index in [0.29, 0.717) is 6.61 Å². The molecule has 16 heavy (non-hydrogen) atoms. The van der Waals surface area contributed by atoms with Crippen LogP contribution in [-0.4, -0.2) is 23.7 Å². The van der Waals surface area contributed by atoms with Gasteiger partial charge in [0.2, 0.25) is 6.29 Å². The molecule has 0 spiro atoms. The molecule has 4 heteroatoms. The zero-order valence-electron chi connectivity index (χ0n) is 9.49. The minimum absolute atomic E-state index is 0.0592. The van der Waals surface area contributed by atoms with Gasteiger partial charge in [-0.3, -0.25) is 4.79 Å². The highest BCUT2D eigenvalue weighted by molar-refractivity contribution is 9.09. The Labute approximate surface area is 105 Å². The molecule has 1 saturated heterocycles. The SMILES string of the molecule is O=C(OC1OCCCC1Br)C1CCCCC1. The third-order valence-electron chi connectivity index (χ3n) is 3.37. The number of alkyl halides is 1. The molecule has 2 unspecified atom stereocenters. The number of rotatable bonds is 2. The van der Waals surface area contributed by atoms with E-state index in [1.54, 1.807) is 0 Å². The van der Waals surface area contributed by atoms with Crippen molar-refractivity contribution in [3.05, 3.63) is 0 Å². The molecule has 0 aromatic carbocycles. The summed E-state index contributed by atoms with van der Waals surface area (Å²) in [7, 11) is 0. The molecule has 1 aliphatic heterocycles. The van der Waals surface area contributed by atoms with Crippen LogP contribution in [0.3, 0.4) is 0 Å².